The Bertz CT molecular complexity index is 596. The Hall–Kier alpha value is -2.83. The van der Waals surface area contributed by atoms with Crippen molar-refractivity contribution in [2.45, 2.75) is 20.3 Å². The van der Waals surface area contributed by atoms with Crippen molar-refractivity contribution in [3.05, 3.63) is 42.0 Å². The summed E-state index contributed by atoms with van der Waals surface area (Å²) in [4.78, 5) is 34.4. The van der Waals surface area contributed by atoms with Crippen molar-refractivity contribution in [2.75, 3.05) is 19.7 Å². The molecule has 0 aliphatic carbocycles. The quantitative estimate of drug-likeness (QED) is 0.328. The highest BCUT2D eigenvalue weighted by molar-refractivity contribution is 5.94. The van der Waals surface area contributed by atoms with E-state index in [4.69, 9.17) is 4.74 Å². The first-order valence-corrected chi connectivity index (χ1v) is 7.60. The number of rotatable bonds is 8. The Morgan fingerprint density at radius 1 is 1.08 bits per heavy atom. The van der Waals surface area contributed by atoms with Gasteiger partial charge in [0, 0.05) is 24.2 Å². The fraction of sp³-hybridized carbons (Fsp3) is 0.353. The molecule has 0 aliphatic rings. The molecule has 0 saturated heterocycles. The highest BCUT2D eigenvalue weighted by atomic mass is 16.7. The molecule has 130 valence electrons. The zero-order valence-corrected chi connectivity index (χ0v) is 13.9. The number of benzene rings is 1. The largest absolute Gasteiger partial charge is 0.513 e. The molecule has 7 heteroatoms. The third-order valence-electron chi connectivity index (χ3n) is 2.89. The summed E-state index contributed by atoms with van der Waals surface area (Å²) in [5, 5.41) is 5.42. The van der Waals surface area contributed by atoms with Gasteiger partial charge in [-0.2, -0.15) is 0 Å². The van der Waals surface area contributed by atoms with Crippen molar-refractivity contribution < 1.29 is 23.9 Å². The average Bonchev–Trinajstić information content (AvgIpc) is 2.54. The van der Waals surface area contributed by atoms with Crippen LogP contribution in [0.1, 0.15) is 30.6 Å². The van der Waals surface area contributed by atoms with Gasteiger partial charge in [-0.25, -0.2) is 4.79 Å². The van der Waals surface area contributed by atoms with Gasteiger partial charge >= 0.3 is 6.16 Å². The lowest BCUT2D eigenvalue weighted by Crippen LogP contribution is -2.30. The zero-order valence-electron chi connectivity index (χ0n) is 13.9. The molecular formula is C17H22N2O5. The molecule has 0 fully saturated rings. The van der Waals surface area contributed by atoms with Crippen molar-refractivity contribution in [1.29, 1.82) is 0 Å². The summed E-state index contributed by atoms with van der Waals surface area (Å²) < 4.78 is 9.56. The van der Waals surface area contributed by atoms with Crippen LogP contribution in [0.2, 0.25) is 0 Å². The van der Waals surface area contributed by atoms with Crippen LogP contribution in [0, 0.1) is 0 Å². The van der Waals surface area contributed by atoms with E-state index in [9.17, 15) is 14.4 Å². The van der Waals surface area contributed by atoms with Gasteiger partial charge in [-0.1, -0.05) is 6.58 Å². The third kappa shape index (κ3) is 6.95. The maximum Gasteiger partial charge on any atom is 0.513 e. The van der Waals surface area contributed by atoms with E-state index in [0.29, 0.717) is 36.4 Å². The number of carbonyl (C=O) groups excluding carboxylic acids is 3. The van der Waals surface area contributed by atoms with Crippen LogP contribution in [0.25, 0.3) is 0 Å². The predicted octanol–water partition coefficient (Wildman–Crippen LogP) is 2.03. The maximum absolute atomic E-state index is 11.9. The third-order valence-corrected chi connectivity index (χ3v) is 2.89. The lowest BCUT2D eigenvalue weighted by Gasteiger charge is -2.08. The van der Waals surface area contributed by atoms with Gasteiger partial charge in [0.2, 0.25) is 5.91 Å². The second-order valence-electron chi connectivity index (χ2n) is 4.96. The van der Waals surface area contributed by atoms with E-state index in [1.54, 1.807) is 26.0 Å². The molecule has 0 spiro atoms. The lowest BCUT2D eigenvalue weighted by atomic mass is 10.2. The smallest absolute Gasteiger partial charge is 0.434 e. The second kappa shape index (κ2) is 10.0. The molecule has 0 radical (unpaired) electrons. The summed E-state index contributed by atoms with van der Waals surface area (Å²) in [6, 6.07) is 6.12. The Labute approximate surface area is 141 Å². The van der Waals surface area contributed by atoms with Gasteiger partial charge in [0.05, 0.1) is 6.61 Å². The molecule has 0 aromatic heterocycles. The molecule has 0 heterocycles. The SMILES string of the molecule is C=C(C)C(=O)NCCCNC(=O)c1ccc(OC(=O)OCC)cc1. The molecular weight excluding hydrogens is 312 g/mol. The zero-order chi connectivity index (χ0) is 17.9. The van der Waals surface area contributed by atoms with E-state index in [0.717, 1.165) is 0 Å². The van der Waals surface area contributed by atoms with Gasteiger partial charge in [-0.15, -0.1) is 0 Å². The summed E-state index contributed by atoms with van der Waals surface area (Å²) >= 11 is 0. The van der Waals surface area contributed by atoms with Crippen LogP contribution in [-0.4, -0.2) is 37.7 Å². The maximum atomic E-state index is 11.9. The Kier molecular flexibility index (Phi) is 8.04. The van der Waals surface area contributed by atoms with Gasteiger partial charge in [-0.3, -0.25) is 9.59 Å². The minimum absolute atomic E-state index is 0.196. The van der Waals surface area contributed by atoms with E-state index in [2.05, 4.69) is 21.9 Å². The van der Waals surface area contributed by atoms with E-state index < -0.39 is 6.16 Å². The van der Waals surface area contributed by atoms with E-state index >= 15 is 0 Å². The number of hydrogen-bond acceptors (Lipinski definition) is 5. The van der Waals surface area contributed by atoms with Crippen LogP contribution < -0.4 is 15.4 Å². The van der Waals surface area contributed by atoms with E-state index in [1.165, 1.54) is 12.1 Å². The molecule has 0 bridgehead atoms. The van der Waals surface area contributed by atoms with Crippen LogP contribution in [0.5, 0.6) is 5.75 Å². The first-order chi connectivity index (χ1) is 11.4. The number of hydrogen-bond donors (Lipinski definition) is 2. The summed E-state index contributed by atoms with van der Waals surface area (Å²) in [5.74, 6) is -0.144. The highest BCUT2D eigenvalue weighted by Crippen LogP contribution is 2.12. The lowest BCUT2D eigenvalue weighted by molar-refractivity contribution is -0.117. The van der Waals surface area contributed by atoms with Crippen molar-refractivity contribution in [3.8, 4) is 5.75 Å². The molecule has 1 aromatic rings. The number of amides is 2. The number of nitrogens with one attached hydrogen (secondary N) is 2. The van der Waals surface area contributed by atoms with E-state index in [-0.39, 0.29) is 18.4 Å². The molecule has 0 aliphatic heterocycles. The molecule has 2 amide bonds. The Morgan fingerprint density at radius 3 is 2.29 bits per heavy atom. The van der Waals surface area contributed by atoms with Crippen LogP contribution in [0.15, 0.2) is 36.4 Å². The molecule has 7 nitrogen and oxygen atoms in total. The van der Waals surface area contributed by atoms with Crippen molar-refractivity contribution in [2.24, 2.45) is 0 Å². The fourth-order valence-corrected chi connectivity index (χ4v) is 1.66. The normalized spacial score (nSPS) is 9.75. The van der Waals surface area contributed by atoms with Gasteiger partial charge in [-0.05, 0) is 44.5 Å². The Morgan fingerprint density at radius 2 is 1.71 bits per heavy atom. The van der Waals surface area contributed by atoms with Crippen molar-refractivity contribution in [1.82, 2.24) is 10.6 Å². The van der Waals surface area contributed by atoms with Crippen molar-refractivity contribution in [3.63, 3.8) is 0 Å². The average molecular weight is 334 g/mol. The molecule has 0 unspecified atom stereocenters. The summed E-state index contributed by atoms with van der Waals surface area (Å²) in [5.41, 5.74) is 0.890. The molecule has 2 N–H and O–H groups in total. The van der Waals surface area contributed by atoms with Crippen LogP contribution in [0.4, 0.5) is 4.79 Å². The minimum Gasteiger partial charge on any atom is -0.434 e. The van der Waals surface area contributed by atoms with Gasteiger partial charge < -0.3 is 20.1 Å². The van der Waals surface area contributed by atoms with E-state index in [1.807, 2.05) is 0 Å². The highest BCUT2D eigenvalue weighted by Gasteiger charge is 2.08. The molecule has 0 saturated carbocycles. The summed E-state index contributed by atoms with van der Waals surface area (Å²) in [6.07, 6.45) is -0.180. The minimum atomic E-state index is -0.786. The topological polar surface area (TPSA) is 93.7 Å². The first kappa shape index (κ1) is 19.2. The standard InChI is InChI=1S/C17H22N2O5/c1-4-23-17(22)24-14-8-6-13(7-9-14)16(21)19-11-5-10-18-15(20)12(2)3/h6-9H,2,4-5,10-11H2,1,3H3,(H,18,20)(H,19,21). The van der Waals surface area contributed by atoms with Crippen LogP contribution in [0.3, 0.4) is 0 Å². The number of carbonyl (C=O) groups is 3. The number of ether oxygens (including phenoxy) is 2. The second-order valence-corrected chi connectivity index (χ2v) is 4.96. The monoisotopic (exact) mass is 334 g/mol. The van der Waals surface area contributed by atoms with Gasteiger partial charge in [0.1, 0.15) is 5.75 Å². The molecule has 1 rings (SSSR count). The van der Waals surface area contributed by atoms with Crippen LogP contribution in [-0.2, 0) is 9.53 Å². The van der Waals surface area contributed by atoms with Gasteiger partial charge in [0.25, 0.3) is 5.91 Å². The Balaban J connectivity index is 2.33. The summed E-state index contributed by atoms with van der Waals surface area (Å²) in [7, 11) is 0. The predicted molar refractivity (Wildman–Crippen MR) is 88.9 cm³/mol. The molecule has 0 atom stereocenters. The van der Waals surface area contributed by atoms with Crippen LogP contribution >= 0.6 is 0 Å². The first-order valence-electron chi connectivity index (χ1n) is 7.60. The van der Waals surface area contributed by atoms with Crippen molar-refractivity contribution >= 4 is 18.0 Å². The van der Waals surface area contributed by atoms with Gasteiger partial charge in [0.15, 0.2) is 0 Å². The summed E-state index contributed by atoms with van der Waals surface area (Å²) in [6.45, 7) is 7.96. The molecule has 1 aromatic carbocycles. The fourth-order valence-electron chi connectivity index (χ4n) is 1.66. The molecule has 24 heavy (non-hydrogen) atoms.